The molecule has 34 valence electrons. The van der Waals surface area contributed by atoms with Gasteiger partial charge >= 0.3 is 59.1 Å². The minimum Gasteiger partial charge on any atom is -1.00 e. The Hall–Kier alpha value is 1.08. The number of hydrogen-bond acceptors (Lipinski definition) is 2. The average Bonchev–Trinajstić information content (AvgIpc) is 1.72. The molecule has 1 aromatic heterocycles. The molecular weight excluding hydrogens is 122 g/mol. The fourth-order valence-electron chi connectivity index (χ4n) is 0.253. The van der Waals surface area contributed by atoms with Crippen molar-refractivity contribution in [1.82, 2.24) is 9.97 Å². The van der Waals surface area contributed by atoms with E-state index in [1.54, 1.807) is 18.5 Å². The molecule has 0 saturated heterocycles. The molecule has 0 fully saturated rings. The van der Waals surface area contributed by atoms with E-state index in [4.69, 9.17) is 0 Å². The second-order valence-electron chi connectivity index (χ2n) is 0.904. The van der Waals surface area contributed by atoms with Gasteiger partial charge in [-0.3, -0.25) is 0 Å². The summed E-state index contributed by atoms with van der Waals surface area (Å²) in [6.45, 7) is 0. The van der Waals surface area contributed by atoms with Crippen LogP contribution in [0.15, 0.2) is 24.8 Å². The van der Waals surface area contributed by atoms with Crippen molar-refractivity contribution in [1.29, 1.82) is 0 Å². The van der Waals surface area contributed by atoms with Crippen LogP contribution in [0.5, 0.6) is 0 Å². The van der Waals surface area contributed by atoms with Crippen LogP contribution in [0.4, 0.5) is 0 Å². The third-order valence-corrected chi connectivity index (χ3v) is 0.478. The molecule has 1 heterocycles. The molecular formula is C4H6N2Na2. The van der Waals surface area contributed by atoms with Crippen molar-refractivity contribution in [3.8, 4) is 0 Å². The molecule has 4 heteroatoms. The number of hydrogen-bond donors (Lipinski definition) is 0. The molecule has 1 aromatic rings. The third-order valence-electron chi connectivity index (χ3n) is 0.478. The summed E-state index contributed by atoms with van der Waals surface area (Å²) in [7, 11) is 0. The predicted molar refractivity (Wildman–Crippen MR) is 24.3 cm³/mol. The Balaban J connectivity index is -0.0000000450. The van der Waals surface area contributed by atoms with Crippen LogP contribution in [-0.2, 0) is 0 Å². The molecule has 0 amide bonds. The van der Waals surface area contributed by atoms with E-state index in [1.807, 2.05) is 0 Å². The first kappa shape index (κ1) is 11.8. The molecule has 0 atom stereocenters. The monoisotopic (exact) mass is 128 g/mol. The Labute approximate surface area is 95.7 Å². The average molecular weight is 128 g/mol. The van der Waals surface area contributed by atoms with Gasteiger partial charge < -0.3 is 2.85 Å². The van der Waals surface area contributed by atoms with Crippen molar-refractivity contribution in [2.75, 3.05) is 0 Å². The fourth-order valence-corrected chi connectivity index (χ4v) is 0.253. The van der Waals surface area contributed by atoms with E-state index < -0.39 is 0 Å². The van der Waals surface area contributed by atoms with Crippen LogP contribution in [0, 0.1) is 0 Å². The normalized spacial score (nSPS) is 6.00. The van der Waals surface area contributed by atoms with Gasteiger partial charge in [-0.05, 0) is 6.07 Å². The Morgan fingerprint density at radius 2 is 1.50 bits per heavy atom. The van der Waals surface area contributed by atoms with Crippen LogP contribution in [0.3, 0.4) is 0 Å². The van der Waals surface area contributed by atoms with E-state index in [2.05, 4.69) is 9.97 Å². The van der Waals surface area contributed by atoms with E-state index in [0.717, 1.165) is 0 Å². The van der Waals surface area contributed by atoms with E-state index >= 15 is 0 Å². The summed E-state index contributed by atoms with van der Waals surface area (Å²) in [6.07, 6.45) is 4.88. The summed E-state index contributed by atoms with van der Waals surface area (Å²) in [6, 6.07) is 1.78. The molecule has 0 aromatic carbocycles. The molecule has 0 spiro atoms. The van der Waals surface area contributed by atoms with Crippen LogP contribution in [0.1, 0.15) is 2.85 Å². The first-order valence-corrected chi connectivity index (χ1v) is 1.70. The van der Waals surface area contributed by atoms with Gasteiger partial charge in [0, 0.05) is 12.4 Å². The maximum absolute atomic E-state index is 3.67. The number of aromatic nitrogens is 2. The van der Waals surface area contributed by atoms with Gasteiger partial charge in [0.2, 0.25) is 0 Å². The summed E-state index contributed by atoms with van der Waals surface area (Å²) in [4.78, 5) is 7.35. The summed E-state index contributed by atoms with van der Waals surface area (Å²) < 4.78 is 0. The summed E-state index contributed by atoms with van der Waals surface area (Å²) in [5.41, 5.74) is 0. The molecule has 2 nitrogen and oxygen atoms in total. The second kappa shape index (κ2) is 8.08. The van der Waals surface area contributed by atoms with Gasteiger partial charge in [0.15, 0.2) is 0 Å². The summed E-state index contributed by atoms with van der Waals surface area (Å²) >= 11 is 0. The summed E-state index contributed by atoms with van der Waals surface area (Å²) in [5, 5.41) is 0. The smallest absolute Gasteiger partial charge is 1.00 e. The molecule has 0 N–H and O–H groups in total. The molecule has 1 rings (SSSR count). The topological polar surface area (TPSA) is 25.8 Å². The molecule has 0 saturated carbocycles. The van der Waals surface area contributed by atoms with Crippen molar-refractivity contribution in [2.45, 2.75) is 0 Å². The second-order valence-corrected chi connectivity index (χ2v) is 0.904. The first-order valence-electron chi connectivity index (χ1n) is 1.70. The Kier molecular flexibility index (Phi) is 11.9. The largest absolute Gasteiger partial charge is 1.00 e. The van der Waals surface area contributed by atoms with E-state index in [0.29, 0.717) is 0 Å². The van der Waals surface area contributed by atoms with Gasteiger partial charge in [-0.25, -0.2) is 9.97 Å². The van der Waals surface area contributed by atoms with Crippen LogP contribution >= 0.6 is 0 Å². The predicted octanol–water partition coefficient (Wildman–Crippen LogP) is -5.29. The maximum Gasteiger partial charge on any atom is 1.00 e. The molecule has 0 bridgehead atoms. The molecule has 0 aliphatic rings. The number of rotatable bonds is 0. The Bertz CT molecular complexity index is 91.2. The van der Waals surface area contributed by atoms with Crippen molar-refractivity contribution < 1.29 is 62.0 Å². The van der Waals surface area contributed by atoms with Gasteiger partial charge in [0.1, 0.15) is 6.33 Å². The van der Waals surface area contributed by atoms with Gasteiger partial charge in [-0.1, -0.05) is 0 Å². The van der Waals surface area contributed by atoms with Gasteiger partial charge in [0.05, 0.1) is 0 Å². The minimum absolute atomic E-state index is 0. The zero-order chi connectivity index (χ0) is 4.24. The Morgan fingerprint density at radius 1 is 1.00 bits per heavy atom. The zero-order valence-corrected chi connectivity index (χ0v) is 9.20. The van der Waals surface area contributed by atoms with Crippen molar-refractivity contribution in [3.05, 3.63) is 24.8 Å². The molecule has 0 aliphatic carbocycles. The van der Waals surface area contributed by atoms with Crippen LogP contribution in [0.25, 0.3) is 0 Å². The molecule has 0 unspecified atom stereocenters. The van der Waals surface area contributed by atoms with E-state index in [1.165, 1.54) is 6.33 Å². The standard InChI is InChI=1S/C4H4N2.2Na.2H/c1-2-5-4-6-3-1;;;;/h1-4H;;;;/q;2*+1;2*-1. The van der Waals surface area contributed by atoms with E-state index in [9.17, 15) is 0 Å². The molecule has 8 heavy (non-hydrogen) atoms. The third kappa shape index (κ3) is 5.22. The molecule has 0 aliphatic heterocycles. The summed E-state index contributed by atoms with van der Waals surface area (Å²) in [5.74, 6) is 0. The van der Waals surface area contributed by atoms with Crippen LogP contribution in [-0.4, -0.2) is 9.97 Å². The van der Waals surface area contributed by atoms with Gasteiger partial charge in [-0.2, -0.15) is 0 Å². The van der Waals surface area contributed by atoms with Crippen molar-refractivity contribution in [2.24, 2.45) is 0 Å². The van der Waals surface area contributed by atoms with Crippen LogP contribution < -0.4 is 59.1 Å². The van der Waals surface area contributed by atoms with Crippen molar-refractivity contribution >= 4 is 0 Å². The van der Waals surface area contributed by atoms with Crippen LogP contribution in [0.2, 0.25) is 0 Å². The minimum atomic E-state index is 0. The van der Waals surface area contributed by atoms with E-state index in [-0.39, 0.29) is 62.0 Å². The number of nitrogens with zero attached hydrogens (tertiary/aromatic N) is 2. The Morgan fingerprint density at radius 3 is 1.62 bits per heavy atom. The quantitative estimate of drug-likeness (QED) is 0.326. The van der Waals surface area contributed by atoms with Crippen molar-refractivity contribution in [3.63, 3.8) is 0 Å². The van der Waals surface area contributed by atoms with Gasteiger partial charge in [-0.15, -0.1) is 0 Å². The zero-order valence-electron chi connectivity index (χ0n) is 7.20. The fraction of sp³-hybridized carbons (Fsp3) is 0. The SMILES string of the molecule is [H-].[H-].[Na+].[Na+].c1cncnc1. The van der Waals surface area contributed by atoms with Gasteiger partial charge in [0.25, 0.3) is 0 Å². The first-order chi connectivity index (χ1) is 3.00. The molecule has 0 radical (unpaired) electrons. The maximum atomic E-state index is 3.67.